The zero-order valence-corrected chi connectivity index (χ0v) is 7.44. The van der Waals surface area contributed by atoms with E-state index in [1.807, 2.05) is 0 Å². The lowest BCUT2D eigenvalue weighted by Crippen LogP contribution is -2.43. The molecule has 13 heavy (non-hydrogen) atoms. The van der Waals surface area contributed by atoms with E-state index in [1.54, 1.807) is 0 Å². The van der Waals surface area contributed by atoms with E-state index >= 15 is 0 Å². The molecular formula is C7H12F3NO2. The molecule has 3 nitrogen and oxygen atoms in total. The minimum absolute atomic E-state index is 0.633. The summed E-state index contributed by atoms with van der Waals surface area (Å²) in [5, 5.41) is 0. The van der Waals surface area contributed by atoms with E-state index in [2.05, 4.69) is 4.74 Å². The quantitative estimate of drug-likeness (QED) is 0.692. The lowest BCUT2D eigenvalue weighted by atomic mass is 9.86. The second-order valence-electron chi connectivity index (χ2n) is 3.02. The molecule has 0 rings (SSSR count). The smallest absolute Gasteiger partial charge is 0.396 e. The van der Waals surface area contributed by atoms with Crippen molar-refractivity contribution in [3.63, 3.8) is 0 Å². The summed E-state index contributed by atoms with van der Waals surface area (Å²) in [4.78, 5) is 10.7. The third kappa shape index (κ3) is 2.87. The molecule has 2 N–H and O–H groups in total. The molecule has 1 atom stereocenters. The molecule has 0 aliphatic carbocycles. The summed E-state index contributed by atoms with van der Waals surface area (Å²) in [5.74, 6) is -0.912. The van der Waals surface area contributed by atoms with Crippen molar-refractivity contribution >= 4 is 5.97 Å². The van der Waals surface area contributed by atoms with Crippen LogP contribution in [0.15, 0.2) is 0 Å². The van der Waals surface area contributed by atoms with Crippen molar-refractivity contribution in [1.82, 2.24) is 0 Å². The molecule has 0 spiro atoms. The minimum Gasteiger partial charge on any atom is -0.469 e. The Balaban J connectivity index is 4.56. The van der Waals surface area contributed by atoms with Gasteiger partial charge in [-0.25, -0.2) is 0 Å². The van der Waals surface area contributed by atoms with Crippen LogP contribution in [0.25, 0.3) is 0 Å². The maximum absolute atomic E-state index is 12.3. The van der Waals surface area contributed by atoms with Crippen molar-refractivity contribution in [3.8, 4) is 0 Å². The average molecular weight is 199 g/mol. The molecule has 0 saturated heterocycles. The van der Waals surface area contributed by atoms with Crippen molar-refractivity contribution in [1.29, 1.82) is 0 Å². The third-order valence-corrected chi connectivity index (χ3v) is 1.90. The number of hydrogen-bond donors (Lipinski definition) is 1. The van der Waals surface area contributed by atoms with Gasteiger partial charge in [0.15, 0.2) is 0 Å². The van der Waals surface area contributed by atoms with Gasteiger partial charge in [-0.3, -0.25) is 4.79 Å². The summed E-state index contributed by atoms with van der Waals surface area (Å²) >= 11 is 0. The van der Waals surface area contributed by atoms with Crippen LogP contribution in [0.3, 0.4) is 0 Å². The molecule has 78 valence electrons. The maximum Gasteiger partial charge on any atom is 0.396 e. The molecule has 1 unspecified atom stereocenters. The Labute approximate surface area is 74.0 Å². The topological polar surface area (TPSA) is 52.3 Å². The van der Waals surface area contributed by atoms with Gasteiger partial charge in [0.2, 0.25) is 0 Å². The van der Waals surface area contributed by atoms with Crippen LogP contribution in [-0.4, -0.2) is 25.8 Å². The van der Waals surface area contributed by atoms with E-state index in [0.717, 1.165) is 14.0 Å². The molecule has 0 aliphatic rings. The van der Waals surface area contributed by atoms with Crippen LogP contribution in [0.4, 0.5) is 13.2 Å². The SMILES string of the molecule is COC(=O)CC(C)(CN)C(F)(F)F. The van der Waals surface area contributed by atoms with E-state index in [-0.39, 0.29) is 0 Å². The van der Waals surface area contributed by atoms with Crippen molar-refractivity contribution < 1.29 is 22.7 Å². The number of halogens is 3. The van der Waals surface area contributed by atoms with Crippen LogP contribution in [0.5, 0.6) is 0 Å². The highest BCUT2D eigenvalue weighted by atomic mass is 19.4. The monoisotopic (exact) mass is 199 g/mol. The number of nitrogens with two attached hydrogens (primary N) is 1. The molecule has 0 heterocycles. The second-order valence-corrected chi connectivity index (χ2v) is 3.02. The number of carbonyl (C=O) groups is 1. The van der Waals surface area contributed by atoms with E-state index in [0.29, 0.717) is 0 Å². The maximum atomic E-state index is 12.3. The first-order chi connectivity index (χ1) is 5.77. The lowest BCUT2D eigenvalue weighted by molar-refractivity contribution is -0.219. The first-order valence-corrected chi connectivity index (χ1v) is 3.60. The number of methoxy groups -OCH3 is 1. The van der Waals surface area contributed by atoms with Gasteiger partial charge in [-0.2, -0.15) is 13.2 Å². The number of carbonyl (C=O) groups excluding carboxylic acids is 1. The fourth-order valence-corrected chi connectivity index (χ4v) is 0.679. The molecule has 0 aromatic carbocycles. The number of esters is 1. The van der Waals surface area contributed by atoms with E-state index < -0.39 is 30.5 Å². The molecule has 0 saturated carbocycles. The zero-order valence-electron chi connectivity index (χ0n) is 7.44. The van der Waals surface area contributed by atoms with Gasteiger partial charge in [0.1, 0.15) is 0 Å². The summed E-state index contributed by atoms with van der Waals surface area (Å²) in [6.45, 7) is 0.259. The van der Waals surface area contributed by atoms with Crippen LogP contribution in [0.1, 0.15) is 13.3 Å². The summed E-state index contributed by atoms with van der Waals surface area (Å²) < 4.78 is 41.1. The van der Waals surface area contributed by atoms with Crippen molar-refractivity contribution in [2.45, 2.75) is 19.5 Å². The molecule has 0 aromatic rings. The van der Waals surface area contributed by atoms with Crippen LogP contribution in [0, 0.1) is 5.41 Å². The number of rotatable bonds is 3. The summed E-state index contributed by atoms with van der Waals surface area (Å²) in [5.41, 5.74) is 2.77. The zero-order chi connectivity index (χ0) is 10.7. The normalized spacial score (nSPS) is 16.5. The first-order valence-electron chi connectivity index (χ1n) is 3.60. The number of ether oxygens (including phenoxy) is 1. The van der Waals surface area contributed by atoms with E-state index in [4.69, 9.17) is 5.73 Å². The Morgan fingerprint density at radius 2 is 1.92 bits per heavy atom. The van der Waals surface area contributed by atoms with Crippen LogP contribution in [0.2, 0.25) is 0 Å². The Morgan fingerprint density at radius 3 is 2.15 bits per heavy atom. The summed E-state index contributed by atoms with van der Waals surface area (Å²) in [6, 6.07) is 0. The van der Waals surface area contributed by atoms with Crippen molar-refractivity contribution in [2.24, 2.45) is 11.1 Å². The lowest BCUT2D eigenvalue weighted by Gasteiger charge is -2.29. The number of hydrogen-bond acceptors (Lipinski definition) is 3. The molecule has 6 heteroatoms. The second kappa shape index (κ2) is 3.95. The fraction of sp³-hybridized carbons (Fsp3) is 0.857. The highest BCUT2D eigenvalue weighted by molar-refractivity contribution is 5.70. The predicted molar refractivity (Wildman–Crippen MR) is 39.8 cm³/mol. The standard InChI is InChI=1S/C7H12F3NO2/c1-6(4-11,7(8,9)10)3-5(12)13-2/h3-4,11H2,1-2H3. The molecule has 0 aromatic heterocycles. The Morgan fingerprint density at radius 1 is 1.46 bits per heavy atom. The van der Waals surface area contributed by atoms with Crippen LogP contribution < -0.4 is 5.73 Å². The molecular weight excluding hydrogens is 187 g/mol. The predicted octanol–water partition coefficient (Wildman–Crippen LogP) is 1.08. The van der Waals surface area contributed by atoms with Gasteiger partial charge in [-0.1, -0.05) is 0 Å². The van der Waals surface area contributed by atoms with Crippen molar-refractivity contribution in [3.05, 3.63) is 0 Å². The molecule has 0 aliphatic heterocycles. The van der Waals surface area contributed by atoms with E-state index in [9.17, 15) is 18.0 Å². The summed E-state index contributed by atoms with van der Waals surface area (Å²) in [7, 11) is 1.04. The van der Waals surface area contributed by atoms with Crippen LogP contribution in [-0.2, 0) is 9.53 Å². The highest BCUT2D eigenvalue weighted by Crippen LogP contribution is 2.39. The van der Waals surface area contributed by atoms with Gasteiger partial charge in [-0.15, -0.1) is 0 Å². The van der Waals surface area contributed by atoms with Gasteiger partial charge in [0.05, 0.1) is 18.9 Å². The van der Waals surface area contributed by atoms with Crippen molar-refractivity contribution in [2.75, 3.05) is 13.7 Å². The third-order valence-electron chi connectivity index (χ3n) is 1.90. The fourth-order valence-electron chi connectivity index (χ4n) is 0.679. The van der Waals surface area contributed by atoms with Gasteiger partial charge in [0.25, 0.3) is 0 Å². The molecule has 0 bridgehead atoms. The Bertz CT molecular complexity index is 193. The minimum atomic E-state index is -4.49. The van der Waals surface area contributed by atoms with Gasteiger partial charge >= 0.3 is 12.1 Å². The Kier molecular flexibility index (Phi) is 3.71. The molecule has 0 amide bonds. The largest absolute Gasteiger partial charge is 0.469 e. The van der Waals surface area contributed by atoms with Crippen LogP contribution >= 0.6 is 0 Å². The molecule has 0 fully saturated rings. The van der Waals surface area contributed by atoms with Gasteiger partial charge in [-0.05, 0) is 6.92 Å². The van der Waals surface area contributed by atoms with Gasteiger partial charge < -0.3 is 10.5 Å². The highest BCUT2D eigenvalue weighted by Gasteiger charge is 2.51. The van der Waals surface area contributed by atoms with E-state index in [1.165, 1.54) is 0 Å². The Hall–Kier alpha value is -0.780. The number of alkyl halides is 3. The average Bonchev–Trinajstić information content (AvgIpc) is 2.02. The van der Waals surface area contributed by atoms with Gasteiger partial charge in [0, 0.05) is 6.54 Å². The summed E-state index contributed by atoms with van der Waals surface area (Å²) in [6.07, 6.45) is -5.24. The first kappa shape index (κ1) is 12.2. The molecule has 0 radical (unpaired) electrons.